The summed E-state index contributed by atoms with van der Waals surface area (Å²) in [6.07, 6.45) is 3.36. The van der Waals surface area contributed by atoms with Gasteiger partial charge in [-0.2, -0.15) is 11.8 Å². The van der Waals surface area contributed by atoms with Crippen molar-refractivity contribution < 1.29 is 4.74 Å². The summed E-state index contributed by atoms with van der Waals surface area (Å²) in [4.78, 5) is 0. The van der Waals surface area contributed by atoms with Crippen molar-refractivity contribution in [2.75, 3.05) is 18.1 Å². The predicted octanol–water partition coefficient (Wildman–Crippen LogP) is 3.56. The highest BCUT2D eigenvalue weighted by Crippen LogP contribution is 2.44. The number of aryl methyl sites for hydroxylation is 1. The molecule has 2 heterocycles. The molecule has 2 aliphatic rings. The zero-order valence-electron chi connectivity index (χ0n) is 12.4. The second kappa shape index (κ2) is 6.59. The minimum Gasteiger partial charge on any atom is -0.374 e. The molecule has 0 aromatic heterocycles. The van der Waals surface area contributed by atoms with Crippen molar-refractivity contribution >= 4 is 27.7 Å². The van der Waals surface area contributed by atoms with Crippen molar-refractivity contribution in [1.29, 1.82) is 0 Å². The fraction of sp³-hybridized carbons (Fsp3) is 0.625. The molecule has 3 atom stereocenters. The Hall–Kier alpha value is -0.0700. The number of hydrazine groups is 1. The van der Waals surface area contributed by atoms with Crippen molar-refractivity contribution in [2.24, 2.45) is 11.8 Å². The first-order chi connectivity index (χ1) is 10.1. The van der Waals surface area contributed by atoms with Gasteiger partial charge in [-0.25, -0.2) is 0 Å². The van der Waals surface area contributed by atoms with Gasteiger partial charge in [0.15, 0.2) is 0 Å². The molecule has 0 aliphatic carbocycles. The van der Waals surface area contributed by atoms with Crippen LogP contribution in [0.15, 0.2) is 22.7 Å². The first-order valence-corrected chi connectivity index (χ1v) is 9.52. The topological polar surface area (TPSA) is 47.3 Å². The zero-order chi connectivity index (χ0) is 14.9. The van der Waals surface area contributed by atoms with Crippen molar-refractivity contribution in [3.8, 4) is 0 Å². The smallest absolute Gasteiger partial charge is 0.0783 e. The molecule has 0 saturated carbocycles. The van der Waals surface area contributed by atoms with Gasteiger partial charge >= 0.3 is 0 Å². The minimum atomic E-state index is 0.0971. The van der Waals surface area contributed by atoms with E-state index in [4.69, 9.17) is 10.6 Å². The summed E-state index contributed by atoms with van der Waals surface area (Å²) < 4.78 is 7.28. The van der Waals surface area contributed by atoms with Crippen LogP contribution in [0, 0.1) is 12.8 Å². The molecule has 5 heteroatoms. The summed E-state index contributed by atoms with van der Waals surface area (Å²) in [5.74, 6) is 8.80. The highest BCUT2D eigenvalue weighted by atomic mass is 79.9. The monoisotopic (exact) mass is 370 g/mol. The van der Waals surface area contributed by atoms with E-state index in [2.05, 4.69) is 46.5 Å². The number of nitrogens with one attached hydrogen (secondary N) is 1. The Labute approximate surface area is 139 Å². The van der Waals surface area contributed by atoms with E-state index < -0.39 is 0 Å². The first-order valence-electron chi connectivity index (χ1n) is 7.57. The molecule has 3 nitrogen and oxygen atoms in total. The Morgan fingerprint density at radius 3 is 3.05 bits per heavy atom. The molecule has 3 N–H and O–H groups in total. The van der Waals surface area contributed by atoms with E-state index in [9.17, 15) is 0 Å². The number of halogens is 1. The number of hydrogen-bond acceptors (Lipinski definition) is 4. The molecule has 116 valence electrons. The van der Waals surface area contributed by atoms with Gasteiger partial charge in [-0.15, -0.1) is 0 Å². The van der Waals surface area contributed by atoms with Crippen LogP contribution in [0.2, 0.25) is 0 Å². The lowest BCUT2D eigenvalue weighted by molar-refractivity contribution is -0.0854. The molecule has 0 bridgehead atoms. The number of ether oxygens (including phenoxy) is 1. The van der Waals surface area contributed by atoms with Crippen molar-refractivity contribution in [2.45, 2.75) is 37.8 Å². The minimum absolute atomic E-state index is 0.0971. The number of nitrogens with two attached hydrogens (primary N) is 1. The van der Waals surface area contributed by atoms with Gasteiger partial charge in [0.1, 0.15) is 0 Å². The maximum atomic E-state index is 6.14. The zero-order valence-corrected chi connectivity index (χ0v) is 14.8. The van der Waals surface area contributed by atoms with Crippen LogP contribution in [-0.4, -0.2) is 23.7 Å². The molecule has 0 radical (unpaired) electrons. The summed E-state index contributed by atoms with van der Waals surface area (Å²) in [5.41, 5.74) is 5.68. The van der Waals surface area contributed by atoms with E-state index in [0.29, 0.717) is 5.92 Å². The van der Waals surface area contributed by atoms with E-state index in [1.54, 1.807) is 0 Å². The number of benzene rings is 1. The van der Waals surface area contributed by atoms with E-state index in [1.165, 1.54) is 23.3 Å². The molecule has 2 saturated heterocycles. The Bertz CT molecular complexity index is 505. The Morgan fingerprint density at radius 2 is 2.38 bits per heavy atom. The summed E-state index contributed by atoms with van der Waals surface area (Å²) in [6, 6.07) is 6.70. The van der Waals surface area contributed by atoms with Gasteiger partial charge in [0.25, 0.3) is 0 Å². The highest BCUT2D eigenvalue weighted by Gasteiger charge is 2.42. The maximum absolute atomic E-state index is 6.14. The Kier molecular flexibility index (Phi) is 4.96. The summed E-state index contributed by atoms with van der Waals surface area (Å²) >= 11 is 5.72. The Morgan fingerprint density at radius 1 is 1.52 bits per heavy atom. The van der Waals surface area contributed by atoms with Crippen LogP contribution < -0.4 is 11.3 Å². The molecule has 3 unspecified atom stereocenters. The van der Waals surface area contributed by atoms with Crippen molar-refractivity contribution in [1.82, 2.24) is 5.43 Å². The predicted molar refractivity (Wildman–Crippen MR) is 92.3 cm³/mol. The fourth-order valence-corrected chi connectivity index (χ4v) is 5.70. The first kappa shape index (κ1) is 15.8. The van der Waals surface area contributed by atoms with Crippen molar-refractivity contribution in [3.63, 3.8) is 0 Å². The maximum Gasteiger partial charge on any atom is 0.0783 e. The van der Waals surface area contributed by atoms with Gasteiger partial charge in [-0.1, -0.05) is 28.1 Å². The lowest BCUT2D eigenvalue weighted by atomic mass is 9.79. The molecule has 2 aliphatic heterocycles. The third kappa shape index (κ3) is 3.32. The normalized spacial score (nSPS) is 30.7. The number of hydrogen-bond donors (Lipinski definition) is 2. The van der Waals surface area contributed by atoms with Crippen LogP contribution in [0.25, 0.3) is 0 Å². The molecular formula is C16H23BrN2OS. The van der Waals surface area contributed by atoms with Gasteiger partial charge in [0.05, 0.1) is 11.6 Å². The van der Waals surface area contributed by atoms with Crippen molar-refractivity contribution in [3.05, 3.63) is 33.8 Å². The van der Waals surface area contributed by atoms with E-state index in [0.717, 1.165) is 29.7 Å². The highest BCUT2D eigenvalue weighted by molar-refractivity contribution is 9.10. The van der Waals surface area contributed by atoms with Crippen LogP contribution in [0.4, 0.5) is 0 Å². The van der Waals surface area contributed by atoms with Gasteiger partial charge in [-0.3, -0.25) is 11.3 Å². The lowest BCUT2D eigenvalue weighted by Gasteiger charge is -2.41. The third-order valence-corrected chi connectivity index (χ3v) is 6.65. The van der Waals surface area contributed by atoms with Crippen LogP contribution in [0.1, 0.15) is 36.4 Å². The summed E-state index contributed by atoms with van der Waals surface area (Å²) in [7, 11) is 0. The average Bonchev–Trinajstić information content (AvgIpc) is 2.90. The van der Waals surface area contributed by atoms with Gasteiger partial charge in [0, 0.05) is 16.8 Å². The van der Waals surface area contributed by atoms with Crippen LogP contribution >= 0.6 is 27.7 Å². The largest absolute Gasteiger partial charge is 0.374 e. The van der Waals surface area contributed by atoms with Gasteiger partial charge in [0.2, 0.25) is 0 Å². The van der Waals surface area contributed by atoms with Crippen LogP contribution in [0.3, 0.4) is 0 Å². The molecule has 21 heavy (non-hydrogen) atoms. The summed E-state index contributed by atoms with van der Waals surface area (Å²) in [5, 5.41) is 0. The average molecular weight is 371 g/mol. The molecule has 3 rings (SSSR count). The summed E-state index contributed by atoms with van der Waals surface area (Å²) in [6.45, 7) is 2.96. The van der Waals surface area contributed by atoms with Crippen LogP contribution in [0.5, 0.6) is 0 Å². The fourth-order valence-electron chi connectivity index (χ4n) is 3.58. The van der Waals surface area contributed by atoms with Crippen LogP contribution in [-0.2, 0) is 4.74 Å². The molecule has 0 amide bonds. The molecule has 1 aromatic carbocycles. The molecule has 1 aromatic rings. The van der Waals surface area contributed by atoms with E-state index >= 15 is 0 Å². The number of rotatable bonds is 3. The van der Waals surface area contributed by atoms with E-state index in [1.807, 2.05) is 11.8 Å². The standard InChI is InChI=1S/C16H23BrN2OS/c1-11-2-3-13(14(17)8-11)15(19-18)12-4-6-20-16(9-12)5-7-21-10-16/h2-3,8,12,15,19H,4-7,9-10,18H2,1H3. The van der Waals surface area contributed by atoms with E-state index in [-0.39, 0.29) is 11.6 Å². The lowest BCUT2D eigenvalue weighted by Crippen LogP contribution is -2.45. The quantitative estimate of drug-likeness (QED) is 0.630. The third-order valence-electron chi connectivity index (χ3n) is 4.74. The Balaban J connectivity index is 1.82. The molecule has 2 fully saturated rings. The van der Waals surface area contributed by atoms with Gasteiger partial charge in [-0.05, 0) is 55.1 Å². The number of thioether (sulfide) groups is 1. The second-order valence-corrected chi connectivity index (χ2v) is 8.22. The van der Waals surface area contributed by atoms with Gasteiger partial charge < -0.3 is 4.74 Å². The SMILES string of the molecule is Cc1ccc(C(NN)C2CCOC3(CCSC3)C2)c(Br)c1. The molecular weight excluding hydrogens is 348 g/mol. The second-order valence-electron chi connectivity index (χ2n) is 6.26. The molecule has 1 spiro atoms.